The molecule has 0 saturated heterocycles. The number of anilines is 1. The zero-order chi connectivity index (χ0) is 21.8. The first kappa shape index (κ1) is 22.8. The van der Waals surface area contributed by atoms with Crippen molar-refractivity contribution in [2.75, 3.05) is 39.0 Å². The van der Waals surface area contributed by atoms with Gasteiger partial charge < -0.3 is 15.1 Å². The molecular formula is C19H23F3N4O2S. The minimum atomic E-state index is -4.55. The lowest BCUT2D eigenvalue weighted by atomic mass is 10.1. The van der Waals surface area contributed by atoms with E-state index in [1.807, 2.05) is 18.7 Å². The van der Waals surface area contributed by atoms with Gasteiger partial charge in [-0.25, -0.2) is 4.98 Å². The number of aryl methyl sites for hydroxylation is 2. The average Bonchev–Trinajstić information content (AvgIpc) is 2.94. The summed E-state index contributed by atoms with van der Waals surface area (Å²) in [5.41, 5.74) is -0.226. The Labute approximate surface area is 171 Å². The van der Waals surface area contributed by atoms with Crippen LogP contribution in [0.5, 0.6) is 0 Å². The third-order valence-electron chi connectivity index (χ3n) is 4.15. The molecule has 29 heavy (non-hydrogen) atoms. The van der Waals surface area contributed by atoms with Crippen molar-refractivity contribution in [1.82, 2.24) is 14.8 Å². The van der Waals surface area contributed by atoms with Crippen LogP contribution < -0.4 is 5.32 Å². The van der Waals surface area contributed by atoms with Crippen LogP contribution in [0.15, 0.2) is 24.3 Å². The number of amides is 2. The molecule has 6 nitrogen and oxygen atoms in total. The number of thiazole rings is 1. The van der Waals surface area contributed by atoms with Crippen LogP contribution in [0.3, 0.4) is 0 Å². The molecule has 1 heterocycles. The van der Waals surface area contributed by atoms with E-state index in [4.69, 9.17) is 0 Å². The van der Waals surface area contributed by atoms with Gasteiger partial charge in [-0.1, -0.05) is 6.07 Å². The summed E-state index contributed by atoms with van der Waals surface area (Å²) in [5, 5.41) is 3.07. The minimum Gasteiger partial charge on any atom is -0.328 e. The van der Waals surface area contributed by atoms with Crippen molar-refractivity contribution in [2.24, 2.45) is 0 Å². The molecule has 10 heteroatoms. The standard InChI is InChI=1S/C19H23F3N4O2S/c1-12-13(2)29-18(23-12)24-16(27)11-26(9-8-25(3)4)17(28)14-6-5-7-15(10-14)19(20,21)22/h5-7,10H,8-9,11H2,1-4H3,(H,23,24,27). The maximum absolute atomic E-state index is 13.0. The second-order valence-corrected chi connectivity index (χ2v) is 8.02. The molecule has 0 unspecified atom stereocenters. The number of likely N-dealkylation sites (N-methyl/N-ethyl adjacent to an activating group) is 1. The van der Waals surface area contributed by atoms with E-state index < -0.39 is 23.6 Å². The molecule has 1 aromatic carbocycles. The fraction of sp³-hybridized carbons (Fsp3) is 0.421. The Balaban J connectivity index is 2.18. The quantitative estimate of drug-likeness (QED) is 0.734. The Kier molecular flexibility index (Phi) is 7.37. The van der Waals surface area contributed by atoms with E-state index in [1.165, 1.54) is 28.4 Å². The first-order valence-corrected chi connectivity index (χ1v) is 9.64. The molecule has 0 atom stereocenters. The zero-order valence-electron chi connectivity index (χ0n) is 16.6. The number of hydrogen-bond donors (Lipinski definition) is 1. The van der Waals surface area contributed by atoms with Crippen LogP contribution in [0.4, 0.5) is 18.3 Å². The second kappa shape index (κ2) is 9.36. The lowest BCUT2D eigenvalue weighted by Crippen LogP contribution is -2.41. The van der Waals surface area contributed by atoms with Crippen molar-refractivity contribution in [1.29, 1.82) is 0 Å². The Hall–Kier alpha value is -2.46. The molecule has 0 spiro atoms. The van der Waals surface area contributed by atoms with Gasteiger partial charge in [0.1, 0.15) is 6.54 Å². The molecule has 0 radical (unpaired) electrons. The van der Waals surface area contributed by atoms with Crippen LogP contribution in [0.25, 0.3) is 0 Å². The molecule has 0 bridgehead atoms. The predicted octanol–water partition coefficient (Wildman–Crippen LogP) is 3.42. The maximum Gasteiger partial charge on any atom is 0.416 e. The van der Waals surface area contributed by atoms with Crippen molar-refractivity contribution in [2.45, 2.75) is 20.0 Å². The van der Waals surface area contributed by atoms with Gasteiger partial charge >= 0.3 is 6.18 Å². The van der Waals surface area contributed by atoms with Gasteiger partial charge in [-0.3, -0.25) is 9.59 Å². The monoisotopic (exact) mass is 428 g/mol. The molecule has 2 rings (SSSR count). The van der Waals surface area contributed by atoms with Gasteiger partial charge in [-0.15, -0.1) is 11.3 Å². The van der Waals surface area contributed by atoms with E-state index in [9.17, 15) is 22.8 Å². The molecule has 158 valence electrons. The van der Waals surface area contributed by atoms with Crippen LogP contribution in [0, 0.1) is 13.8 Å². The van der Waals surface area contributed by atoms with E-state index >= 15 is 0 Å². The molecule has 0 fully saturated rings. The third-order valence-corrected chi connectivity index (χ3v) is 5.14. The molecule has 1 N–H and O–H groups in total. The first-order valence-electron chi connectivity index (χ1n) is 8.82. The van der Waals surface area contributed by atoms with E-state index in [-0.39, 0.29) is 18.7 Å². The number of halogens is 3. The Morgan fingerprint density at radius 3 is 2.41 bits per heavy atom. The molecule has 2 amide bonds. The highest BCUT2D eigenvalue weighted by molar-refractivity contribution is 7.15. The Morgan fingerprint density at radius 1 is 1.17 bits per heavy atom. The summed E-state index contributed by atoms with van der Waals surface area (Å²) in [6.45, 7) is 4.05. The topological polar surface area (TPSA) is 65.5 Å². The number of carbonyl (C=O) groups excluding carboxylic acids is 2. The summed E-state index contributed by atoms with van der Waals surface area (Å²) in [4.78, 5) is 33.5. The fourth-order valence-electron chi connectivity index (χ4n) is 2.44. The number of rotatable bonds is 7. The molecule has 0 saturated carbocycles. The summed E-state index contributed by atoms with van der Waals surface area (Å²) in [6, 6.07) is 4.20. The number of nitrogens with zero attached hydrogens (tertiary/aromatic N) is 3. The average molecular weight is 428 g/mol. The summed E-state index contributed by atoms with van der Waals surface area (Å²) >= 11 is 1.32. The first-order chi connectivity index (χ1) is 13.5. The third kappa shape index (κ3) is 6.53. The van der Waals surface area contributed by atoms with Gasteiger partial charge in [0.15, 0.2) is 5.13 Å². The SMILES string of the molecule is Cc1nc(NC(=O)CN(CCN(C)C)C(=O)c2cccc(C(F)(F)F)c2)sc1C. The number of nitrogens with one attached hydrogen (secondary N) is 1. The number of benzene rings is 1. The fourth-order valence-corrected chi connectivity index (χ4v) is 3.27. The van der Waals surface area contributed by atoms with Crippen LogP contribution in [-0.2, 0) is 11.0 Å². The maximum atomic E-state index is 13.0. The second-order valence-electron chi connectivity index (χ2n) is 6.82. The minimum absolute atomic E-state index is 0.118. The highest BCUT2D eigenvalue weighted by atomic mass is 32.1. The van der Waals surface area contributed by atoms with E-state index in [2.05, 4.69) is 10.3 Å². The van der Waals surface area contributed by atoms with E-state index in [0.717, 1.165) is 22.7 Å². The highest BCUT2D eigenvalue weighted by Crippen LogP contribution is 2.29. The van der Waals surface area contributed by atoms with Crippen molar-refractivity contribution in [3.05, 3.63) is 46.0 Å². The largest absolute Gasteiger partial charge is 0.416 e. The van der Waals surface area contributed by atoms with Crippen molar-refractivity contribution in [3.63, 3.8) is 0 Å². The lowest BCUT2D eigenvalue weighted by molar-refractivity contribution is -0.137. The van der Waals surface area contributed by atoms with Crippen molar-refractivity contribution < 1.29 is 22.8 Å². The molecule has 0 aliphatic carbocycles. The van der Waals surface area contributed by atoms with Gasteiger partial charge in [-0.2, -0.15) is 13.2 Å². The van der Waals surface area contributed by atoms with Gasteiger partial charge in [0.25, 0.3) is 5.91 Å². The van der Waals surface area contributed by atoms with Crippen LogP contribution in [0.1, 0.15) is 26.5 Å². The van der Waals surface area contributed by atoms with E-state index in [0.29, 0.717) is 11.7 Å². The van der Waals surface area contributed by atoms with Crippen LogP contribution in [-0.4, -0.2) is 60.3 Å². The smallest absolute Gasteiger partial charge is 0.328 e. The van der Waals surface area contributed by atoms with Gasteiger partial charge in [0.2, 0.25) is 5.91 Å². The predicted molar refractivity (Wildman–Crippen MR) is 106 cm³/mol. The molecule has 0 aliphatic rings. The van der Waals surface area contributed by atoms with Gasteiger partial charge in [-0.05, 0) is 46.1 Å². The van der Waals surface area contributed by atoms with E-state index in [1.54, 1.807) is 14.1 Å². The molecular weight excluding hydrogens is 405 g/mol. The van der Waals surface area contributed by atoms with Crippen LogP contribution >= 0.6 is 11.3 Å². The highest BCUT2D eigenvalue weighted by Gasteiger charge is 2.31. The molecule has 0 aliphatic heterocycles. The Bertz CT molecular complexity index is 861. The van der Waals surface area contributed by atoms with Crippen molar-refractivity contribution >= 4 is 28.3 Å². The van der Waals surface area contributed by atoms with Crippen molar-refractivity contribution in [3.8, 4) is 0 Å². The Morgan fingerprint density at radius 2 is 1.86 bits per heavy atom. The zero-order valence-corrected chi connectivity index (χ0v) is 17.4. The summed E-state index contributed by atoms with van der Waals surface area (Å²) in [6.07, 6.45) is -4.55. The summed E-state index contributed by atoms with van der Waals surface area (Å²) < 4.78 is 38.9. The normalized spacial score (nSPS) is 11.6. The number of hydrogen-bond acceptors (Lipinski definition) is 5. The number of carbonyl (C=O) groups is 2. The summed E-state index contributed by atoms with van der Waals surface area (Å²) in [7, 11) is 3.60. The van der Waals surface area contributed by atoms with Gasteiger partial charge in [0.05, 0.1) is 11.3 Å². The molecule has 1 aromatic heterocycles. The van der Waals surface area contributed by atoms with Crippen LogP contribution in [0.2, 0.25) is 0 Å². The number of aromatic nitrogens is 1. The lowest BCUT2D eigenvalue weighted by Gasteiger charge is -2.24. The van der Waals surface area contributed by atoms with Gasteiger partial charge in [0, 0.05) is 23.5 Å². The number of alkyl halides is 3. The summed E-state index contributed by atoms with van der Waals surface area (Å²) in [5.74, 6) is -1.10. The molecule has 2 aromatic rings.